The molecular formula is C17H24N2O5S. The standard InChI is InChI=1S/C17H24N2O5S/c1-13(2)8-7-11-18(16(12-20)14(3)4)25(23,24)17-10-6-5-9-15(17)19(21)22/h5-6,8-10,12,14,16H,7,11H2,1-4H3/t16-/m1/s1. The summed E-state index contributed by atoms with van der Waals surface area (Å²) in [5.74, 6) is -0.262. The number of para-hydroxylation sites is 1. The molecule has 138 valence electrons. The van der Waals surface area contributed by atoms with E-state index in [0.717, 1.165) is 15.9 Å². The van der Waals surface area contributed by atoms with Gasteiger partial charge in [-0.3, -0.25) is 10.1 Å². The van der Waals surface area contributed by atoms with Crippen molar-refractivity contribution >= 4 is 22.0 Å². The van der Waals surface area contributed by atoms with E-state index in [1.807, 2.05) is 19.9 Å². The van der Waals surface area contributed by atoms with E-state index in [1.165, 1.54) is 18.2 Å². The summed E-state index contributed by atoms with van der Waals surface area (Å²) in [6.45, 7) is 7.33. The van der Waals surface area contributed by atoms with E-state index >= 15 is 0 Å². The van der Waals surface area contributed by atoms with Crippen LogP contribution >= 0.6 is 0 Å². The molecule has 1 rings (SSSR count). The largest absolute Gasteiger partial charge is 0.302 e. The second-order valence-electron chi connectivity index (χ2n) is 6.28. The van der Waals surface area contributed by atoms with E-state index in [9.17, 15) is 23.3 Å². The zero-order valence-corrected chi connectivity index (χ0v) is 15.7. The second kappa shape index (κ2) is 8.87. The number of nitro groups is 1. The number of carbonyl (C=O) groups excluding carboxylic acids is 1. The molecule has 0 radical (unpaired) electrons. The SMILES string of the molecule is CC(C)=CCCN([C@H](C=O)C(C)C)S(=O)(=O)c1ccccc1[N+](=O)[O-]. The smallest absolute Gasteiger partial charge is 0.289 e. The number of rotatable bonds is 9. The van der Waals surface area contributed by atoms with Crippen molar-refractivity contribution in [1.29, 1.82) is 0 Å². The number of carbonyl (C=O) groups is 1. The second-order valence-corrected chi connectivity index (χ2v) is 8.14. The number of hydrogen-bond acceptors (Lipinski definition) is 5. The van der Waals surface area contributed by atoms with Crippen molar-refractivity contribution in [2.45, 2.75) is 45.1 Å². The molecule has 1 atom stereocenters. The summed E-state index contributed by atoms with van der Waals surface area (Å²) in [4.78, 5) is 21.6. The zero-order chi connectivity index (χ0) is 19.2. The Kier molecular flexibility index (Phi) is 7.44. The molecule has 1 aromatic rings. The molecule has 0 spiro atoms. The Morgan fingerprint density at radius 1 is 1.28 bits per heavy atom. The van der Waals surface area contributed by atoms with Gasteiger partial charge in [0.05, 0.1) is 11.0 Å². The van der Waals surface area contributed by atoms with Crippen LogP contribution < -0.4 is 0 Å². The highest BCUT2D eigenvalue weighted by molar-refractivity contribution is 7.89. The molecule has 0 unspecified atom stereocenters. The van der Waals surface area contributed by atoms with E-state index in [-0.39, 0.29) is 12.5 Å². The van der Waals surface area contributed by atoms with Crippen molar-refractivity contribution in [3.05, 3.63) is 46.0 Å². The van der Waals surface area contributed by atoms with Crippen molar-refractivity contribution in [2.24, 2.45) is 5.92 Å². The van der Waals surface area contributed by atoms with Gasteiger partial charge < -0.3 is 4.79 Å². The minimum Gasteiger partial charge on any atom is -0.302 e. The molecule has 25 heavy (non-hydrogen) atoms. The lowest BCUT2D eigenvalue weighted by molar-refractivity contribution is -0.387. The van der Waals surface area contributed by atoms with Gasteiger partial charge in [-0.05, 0) is 32.3 Å². The molecule has 0 heterocycles. The van der Waals surface area contributed by atoms with Gasteiger partial charge in [0, 0.05) is 12.6 Å². The Hall–Kier alpha value is -2.06. The van der Waals surface area contributed by atoms with E-state index in [0.29, 0.717) is 12.7 Å². The number of hydrogen-bond donors (Lipinski definition) is 0. The molecule has 0 aromatic heterocycles. The van der Waals surface area contributed by atoms with Crippen LogP contribution in [0.15, 0.2) is 40.8 Å². The fraction of sp³-hybridized carbons (Fsp3) is 0.471. The van der Waals surface area contributed by atoms with Crippen molar-refractivity contribution in [3.8, 4) is 0 Å². The minimum atomic E-state index is -4.20. The monoisotopic (exact) mass is 368 g/mol. The Labute approximate surface area is 148 Å². The first-order chi connectivity index (χ1) is 11.6. The number of sulfonamides is 1. The molecule has 0 aliphatic heterocycles. The maximum atomic E-state index is 13.1. The lowest BCUT2D eigenvalue weighted by atomic mass is 10.1. The van der Waals surface area contributed by atoms with Gasteiger partial charge in [0.2, 0.25) is 0 Å². The maximum Gasteiger partial charge on any atom is 0.289 e. The molecule has 0 amide bonds. The van der Waals surface area contributed by atoms with Crippen LogP contribution in [-0.2, 0) is 14.8 Å². The number of allylic oxidation sites excluding steroid dienone is 1. The van der Waals surface area contributed by atoms with Gasteiger partial charge in [-0.1, -0.05) is 37.6 Å². The average molecular weight is 368 g/mol. The summed E-state index contributed by atoms with van der Waals surface area (Å²) in [6, 6.07) is 4.29. The molecule has 0 saturated heterocycles. The number of benzene rings is 1. The molecule has 0 aliphatic rings. The summed E-state index contributed by atoms with van der Waals surface area (Å²) in [5.41, 5.74) is 0.526. The highest BCUT2D eigenvalue weighted by Gasteiger charge is 2.36. The third-order valence-corrected chi connectivity index (χ3v) is 5.65. The Morgan fingerprint density at radius 3 is 2.36 bits per heavy atom. The van der Waals surface area contributed by atoms with E-state index in [4.69, 9.17) is 0 Å². The van der Waals surface area contributed by atoms with Gasteiger partial charge in [0.15, 0.2) is 4.90 Å². The van der Waals surface area contributed by atoms with Gasteiger partial charge in [0.1, 0.15) is 6.29 Å². The van der Waals surface area contributed by atoms with Crippen LogP contribution in [0.2, 0.25) is 0 Å². The predicted molar refractivity (Wildman–Crippen MR) is 95.7 cm³/mol. The van der Waals surface area contributed by atoms with Crippen molar-refractivity contribution < 1.29 is 18.1 Å². The molecule has 8 heteroatoms. The quantitative estimate of drug-likeness (QED) is 0.289. The first-order valence-corrected chi connectivity index (χ1v) is 9.40. The third kappa shape index (κ3) is 5.20. The molecule has 0 aliphatic carbocycles. The first kappa shape index (κ1) is 21.0. The van der Waals surface area contributed by atoms with Crippen LogP contribution in [0.25, 0.3) is 0 Å². The predicted octanol–water partition coefficient (Wildman–Crippen LogP) is 3.17. The maximum absolute atomic E-state index is 13.1. The topological polar surface area (TPSA) is 97.6 Å². The van der Waals surface area contributed by atoms with Crippen LogP contribution in [0.5, 0.6) is 0 Å². The molecule has 0 fully saturated rings. The van der Waals surface area contributed by atoms with Crippen molar-refractivity contribution in [1.82, 2.24) is 4.31 Å². The molecule has 0 N–H and O–H groups in total. The van der Waals surface area contributed by atoms with Gasteiger partial charge in [-0.2, -0.15) is 4.31 Å². The summed E-state index contributed by atoms with van der Waals surface area (Å²) in [6.07, 6.45) is 2.86. The van der Waals surface area contributed by atoms with Crippen molar-refractivity contribution in [3.63, 3.8) is 0 Å². The lowest BCUT2D eigenvalue weighted by Gasteiger charge is -2.29. The Balaban J connectivity index is 3.43. The normalized spacial score (nSPS) is 12.9. The zero-order valence-electron chi connectivity index (χ0n) is 14.9. The van der Waals surface area contributed by atoms with Crippen molar-refractivity contribution in [2.75, 3.05) is 6.54 Å². The summed E-state index contributed by atoms with van der Waals surface area (Å²) in [7, 11) is -4.20. The molecule has 0 bridgehead atoms. The number of nitro benzene ring substituents is 1. The lowest BCUT2D eigenvalue weighted by Crippen LogP contribution is -2.44. The number of nitrogens with zero attached hydrogens (tertiary/aromatic N) is 2. The van der Waals surface area contributed by atoms with Crippen LogP contribution in [0.1, 0.15) is 34.1 Å². The van der Waals surface area contributed by atoms with E-state index in [2.05, 4.69) is 0 Å². The van der Waals surface area contributed by atoms with E-state index in [1.54, 1.807) is 13.8 Å². The van der Waals surface area contributed by atoms with Crippen LogP contribution in [0, 0.1) is 16.0 Å². The Morgan fingerprint density at radius 2 is 1.88 bits per heavy atom. The van der Waals surface area contributed by atoms with Crippen LogP contribution in [-0.4, -0.2) is 36.5 Å². The molecule has 7 nitrogen and oxygen atoms in total. The van der Waals surface area contributed by atoms with Crippen LogP contribution in [0.3, 0.4) is 0 Å². The fourth-order valence-corrected chi connectivity index (χ4v) is 4.29. The Bertz CT molecular complexity index is 752. The average Bonchev–Trinajstić information content (AvgIpc) is 2.53. The summed E-state index contributed by atoms with van der Waals surface area (Å²) < 4.78 is 27.2. The molecule has 1 aromatic carbocycles. The molecular weight excluding hydrogens is 344 g/mol. The van der Waals surface area contributed by atoms with Gasteiger partial charge in [-0.25, -0.2) is 8.42 Å². The number of aldehydes is 1. The van der Waals surface area contributed by atoms with Gasteiger partial charge in [-0.15, -0.1) is 0 Å². The summed E-state index contributed by atoms with van der Waals surface area (Å²) >= 11 is 0. The minimum absolute atomic E-state index is 0.0706. The summed E-state index contributed by atoms with van der Waals surface area (Å²) in [5, 5.41) is 11.2. The van der Waals surface area contributed by atoms with Gasteiger partial charge in [0.25, 0.3) is 15.7 Å². The highest BCUT2D eigenvalue weighted by atomic mass is 32.2. The van der Waals surface area contributed by atoms with E-state index < -0.39 is 31.6 Å². The first-order valence-electron chi connectivity index (χ1n) is 7.96. The third-order valence-electron chi connectivity index (χ3n) is 3.71. The fourth-order valence-electron chi connectivity index (χ4n) is 2.42. The van der Waals surface area contributed by atoms with Crippen LogP contribution in [0.4, 0.5) is 5.69 Å². The molecule has 0 saturated carbocycles. The highest BCUT2D eigenvalue weighted by Crippen LogP contribution is 2.28. The van der Waals surface area contributed by atoms with Gasteiger partial charge >= 0.3 is 0 Å².